The summed E-state index contributed by atoms with van der Waals surface area (Å²) in [6, 6.07) is 7.54. The number of hydrogen-bond acceptors (Lipinski definition) is 1. The second kappa shape index (κ2) is 2.15. The zero-order chi connectivity index (χ0) is 7.68. The van der Waals surface area contributed by atoms with Crippen LogP contribution in [0.25, 0.3) is 5.53 Å². The molecule has 1 heterocycles. The van der Waals surface area contributed by atoms with Crippen molar-refractivity contribution < 1.29 is 4.79 Å². The molecule has 1 aromatic rings. The van der Waals surface area contributed by atoms with Crippen LogP contribution in [0.3, 0.4) is 0 Å². The number of rotatable bonds is 0. The predicted octanol–water partition coefficient (Wildman–Crippen LogP) is 1.42. The number of fused-ring (bicyclic) bond motifs is 1. The molecule has 52 valence electrons. The molecule has 3 heteroatoms. The van der Waals surface area contributed by atoms with Gasteiger partial charge in [0.15, 0.2) is 0 Å². The first-order valence-corrected chi connectivity index (χ1v) is 3.27. The Labute approximate surface area is 63.6 Å². The minimum Gasteiger partial charge on any atom is -0.361 e. The molecule has 1 aromatic carbocycles. The van der Waals surface area contributed by atoms with Gasteiger partial charge in [-0.25, -0.2) is 4.99 Å². The molecule has 0 spiro atoms. The monoisotopic (exact) mass is 143 g/mol. The van der Waals surface area contributed by atoms with Crippen molar-refractivity contribution in [1.82, 2.24) is 0 Å². The van der Waals surface area contributed by atoms with Crippen LogP contribution in [-0.2, 0) is 0 Å². The molecule has 0 aliphatic carbocycles. The first-order chi connectivity index (χ1) is 5.42. The third-order valence-corrected chi connectivity index (χ3v) is 1.61. The number of para-hydroxylation sites is 1. The largest absolute Gasteiger partial charge is 0.361 e. The van der Waals surface area contributed by atoms with Gasteiger partial charge in [0.2, 0.25) is 0 Å². The van der Waals surface area contributed by atoms with Crippen LogP contribution < -0.4 is 0 Å². The fourth-order valence-electron chi connectivity index (χ4n) is 1.08. The van der Waals surface area contributed by atoms with E-state index in [9.17, 15) is 0 Å². The van der Waals surface area contributed by atoms with Crippen molar-refractivity contribution in [3.63, 3.8) is 0 Å². The third-order valence-electron chi connectivity index (χ3n) is 1.61. The molecule has 11 heavy (non-hydrogen) atoms. The molecule has 0 N–H and O–H groups in total. The van der Waals surface area contributed by atoms with Crippen molar-refractivity contribution in [2.24, 2.45) is 4.99 Å². The molecule has 3 nitrogen and oxygen atoms in total. The van der Waals surface area contributed by atoms with E-state index in [1.165, 1.54) is 0 Å². The van der Waals surface area contributed by atoms with E-state index in [2.05, 4.69) is 9.78 Å². The quantitative estimate of drug-likeness (QED) is 0.389. The molecular weight excluding hydrogens is 138 g/mol. The van der Waals surface area contributed by atoms with Crippen LogP contribution >= 0.6 is 0 Å². The minimum absolute atomic E-state index is 0.528. The molecule has 0 fully saturated rings. The summed E-state index contributed by atoms with van der Waals surface area (Å²) >= 11 is 0. The van der Waals surface area contributed by atoms with E-state index in [0.29, 0.717) is 5.71 Å². The molecule has 0 radical (unpaired) electrons. The molecule has 0 saturated carbocycles. The molecule has 1 aliphatic heterocycles. The van der Waals surface area contributed by atoms with Crippen LogP contribution in [-0.4, -0.2) is 16.7 Å². The van der Waals surface area contributed by atoms with Crippen LogP contribution in [0.4, 0.5) is 5.69 Å². The molecule has 0 bridgehead atoms. The van der Waals surface area contributed by atoms with Gasteiger partial charge < -0.3 is 5.53 Å². The van der Waals surface area contributed by atoms with E-state index in [1.807, 2.05) is 24.3 Å². The SMILES string of the molecule is [N-]=[N+]=C1C=Nc2ccccc21. The second-order valence-electron chi connectivity index (χ2n) is 2.26. The van der Waals surface area contributed by atoms with Gasteiger partial charge in [-0.2, -0.15) is 4.79 Å². The van der Waals surface area contributed by atoms with Gasteiger partial charge in [0.25, 0.3) is 0 Å². The van der Waals surface area contributed by atoms with Crippen LogP contribution in [0, 0.1) is 0 Å². The van der Waals surface area contributed by atoms with Crippen molar-refractivity contribution in [3.05, 3.63) is 35.4 Å². The average molecular weight is 143 g/mol. The van der Waals surface area contributed by atoms with Gasteiger partial charge in [-0.05, 0) is 12.1 Å². The minimum atomic E-state index is 0.528. The molecule has 2 rings (SSSR count). The summed E-state index contributed by atoms with van der Waals surface area (Å²) in [7, 11) is 0. The summed E-state index contributed by atoms with van der Waals surface area (Å²) in [4.78, 5) is 7.13. The van der Waals surface area contributed by atoms with Crippen molar-refractivity contribution in [1.29, 1.82) is 0 Å². The van der Waals surface area contributed by atoms with Gasteiger partial charge in [-0.1, -0.05) is 12.1 Å². The summed E-state index contributed by atoms with van der Waals surface area (Å²) in [5.41, 5.74) is 10.8. The lowest BCUT2D eigenvalue weighted by Crippen LogP contribution is -1.97. The van der Waals surface area contributed by atoms with Gasteiger partial charge in [0.05, 0.1) is 11.3 Å². The van der Waals surface area contributed by atoms with Crippen LogP contribution in [0.15, 0.2) is 29.3 Å². The summed E-state index contributed by atoms with van der Waals surface area (Å²) in [5, 5.41) is 0. The molecule has 0 atom stereocenters. The number of nitrogens with zero attached hydrogens (tertiary/aromatic N) is 3. The standard InChI is InChI=1S/C8H5N3/c9-11-8-5-10-7-4-2-1-3-6(7)8/h1-5H. The summed E-state index contributed by atoms with van der Waals surface area (Å²) in [6.07, 6.45) is 1.55. The van der Waals surface area contributed by atoms with Crippen LogP contribution in [0.5, 0.6) is 0 Å². The lowest BCUT2D eigenvalue weighted by atomic mass is 10.1. The first-order valence-electron chi connectivity index (χ1n) is 3.27. The molecule has 1 aliphatic rings. The summed E-state index contributed by atoms with van der Waals surface area (Å²) < 4.78 is 0. The molecule has 0 unspecified atom stereocenters. The number of aliphatic imine (C=N–C) groups is 1. The third kappa shape index (κ3) is 0.791. The lowest BCUT2D eigenvalue weighted by molar-refractivity contribution is 0.000202. The van der Waals surface area contributed by atoms with Crippen LogP contribution in [0.1, 0.15) is 5.56 Å². The van der Waals surface area contributed by atoms with Crippen molar-refractivity contribution >= 4 is 17.6 Å². The number of benzene rings is 1. The van der Waals surface area contributed by atoms with E-state index in [1.54, 1.807) is 6.21 Å². The van der Waals surface area contributed by atoms with Gasteiger partial charge in [0.1, 0.15) is 6.21 Å². The highest BCUT2D eigenvalue weighted by Gasteiger charge is 2.18. The Morgan fingerprint density at radius 2 is 2.09 bits per heavy atom. The highest BCUT2D eigenvalue weighted by molar-refractivity contribution is 6.40. The molecule has 0 saturated heterocycles. The Morgan fingerprint density at radius 1 is 1.27 bits per heavy atom. The van der Waals surface area contributed by atoms with E-state index < -0.39 is 0 Å². The van der Waals surface area contributed by atoms with Crippen molar-refractivity contribution in [2.45, 2.75) is 0 Å². The number of hydrogen-bond donors (Lipinski definition) is 0. The highest BCUT2D eigenvalue weighted by Crippen LogP contribution is 2.22. The second-order valence-corrected chi connectivity index (χ2v) is 2.26. The van der Waals surface area contributed by atoms with Gasteiger partial charge >= 0.3 is 5.71 Å². The average Bonchev–Trinajstić information content (AvgIpc) is 2.47. The smallest absolute Gasteiger partial charge is 0.342 e. The summed E-state index contributed by atoms with van der Waals surface area (Å²) in [6.45, 7) is 0. The Hall–Kier alpha value is -1.73. The Morgan fingerprint density at radius 3 is 2.91 bits per heavy atom. The Bertz CT molecular complexity index is 373. The summed E-state index contributed by atoms with van der Waals surface area (Å²) in [5.74, 6) is 0. The fourth-order valence-corrected chi connectivity index (χ4v) is 1.08. The van der Waals surface area contributed by atoms with Gasteiger partial charge in [0, 0.05) is 0 Å². The zero-order valence-electron chi connectivity index (χ0n) is 5.73. The maximum atomic E-state index is 8.51. The Kier molecular flexibility index (Phi) is 1.17. The maximum Gasteiger partial charge on any atom is 0.342 e. The highest BCUT2D eigenvalue weighted by atomic mass is 14.9. The first kappa shape index (κ1) is 6.01. The predicted molar refractivity (Wildman–Crippen MR) is 42.3 cm³/mol. The van der Waals surface area contributed by atoms with Crippen molar-refractivity contribution in [3.8, 4) is 0 Å². The Balaban J connectivity index is 2.72. The normalized spacial score (nSPS) is 12.9. The van der Waals surface area contributed by atoms with E-state index in [-0.39, 0.29) is 0 Å². The van der Waals surface area contributed by atoms with E-state index in [0.717, 1.165) is 11.3 Å². The van der Waals surface area contributed by atoms with E-state index >= 15 is 0 Å². The van der Waals surface area contributed by atoms with Crippen LogP contribution in [0.2, 0.25) is 0 Å². The topological polar surface area (TPSA) is 48.8 Å². The van der Waals surface area contributed by atoms with Gasteiger partial charge in [-0.15, -0.1) is 0 Å². The molecule has 0 aromatic heterocycles. The molecule has 0 amide bonds. The lowest BCUT2D eigenvalue weighted by Gasteiger charge is -1.88. The molecular formula is C8H5N3. The zero-order valence-corrected chi connectivity index (χ0v) is 5.73. The maximum absolute atomic E-state index is 8.51. The fraction of sp³-hybridized carbons (Fsp3) is 0. The van der Waals surface area contributed by atoms with Gasteiger partial charge in [-0.3, -0.25) is 0 Å². The van der Waals surface area contributed by atoms with E-state index in [4.69, 9.17) is 5.53 Å². The van der Waals surface area contributed by atoms with Crippen molar-refractivity contribution in [2.75, 3.05) is 0 Å².